The van der Waals surface area contributed by atoms with Gasteiger partial charge in [-0.2, -0.15) is 0 Å². The topological polar surface area (TPSA) is 633 Å². The highest BCUT2D eigenvalue weighted by atomic mass is 16.6. The number of ether oxygens (including phenoxy) is 5. The number of hydrogen-bond donors (Lipinski definition) is 15. The molecule has 0 aromatic rings. The van der Waals surface area contributed by atoms with E-state index >= 15 is 0 Å². The molecule has 0 aromatic heterocycles. The van der Waals surface area contributed by atoms with Crippen molar-refractivity contribution < 1.29 is 144 Å². The van der Waals surface area contributed by atoms with E-state index in [1.807, 2.05) is 0 Å². The smallest absolute Gasteiger partial charge is 0.325 e. The molecule has 2 aliphatic rings. The zero-order valence-electron chi connectivity index (χ0n) is 79.9. The molecule has 2 saturated heterocycles. The number of carbonyl (C=O) groups is 22. The summed E-state index contributed by atoms with van der Waals surface area (Å²) in [5.41, 5.74) is -2.40. The first-order valence-electron chi connectivity index (χ1n) is 44.1. The van der Waals surface area contributed by atoms with Crippen molar-refractivity contribution >= 4 is 130 Å². The van der Waals surface area contributed by atoms with Gasteiger partial charge < -0.3 is 113 Å². The molecule has 2 fully saturated rings. The van der Waals surface area contributed by atoms with Gasteiger partial charge >= 0.3 is 35.8 Å². The number of carbonyl (C=O) groups excluding carboxylic acids is 20. The lowest BCUT2D eigenvalue weighted by Gasteiger charge is -2.33. The minimum atomic E-state index is -1.56. The zero-order chi connectivity index (χ0) is 101. The van der Waals surface area contributed by atoms with Crippen LogP contribution in [0, 0.1) is 23.7 Å². The fraction of sp³-hybridized carbons (Fsp3) is 0.705. The van der Waals surface area contributed by atoms with Crippen molar-refractivity contribution in [2.24, 2.45) is 23.7 Å². The third-order valence-corrected chi connectivity index (χ3v) is 19.6. The maximum Gasteiger partial charge on any atom is 0.325 e. The summed E-state index contributed by atoms with van der Waals surface area (Å²) in [5.74, 6) is -22.2. The molecule has 14 atom stereocenters. The average Bonchev–Trinajstić information content (AvgIpc) is 1.61. The molecule has 2 aliphatic heterocycles. The fourth-order valence-electron chi connectivity index (χ4n) is 13.4. The maximum atomic E-state index is 14.7. The van der Waals surface area contributed by atoms with Gasteiger partial charge in [0.05, 0.1) is 29.9 Å². The van der Waals surface area contributed by atoms with Crippen molar-refractivity contribution in [3.63, 3.8) is 0 Å². The maximum absolute atomic E-state index is 14.7. The molecular weight excluding hydrogens is 1730 g/mol. The Morgan fingerprint density at radius 1 is 0.386 bits per heavy atom. The molecule has 132 heavy (non-hydrogen) atoms. The van der Waals surface area contributed by atoms with Crippen LogP contribution < -0.4 is 63.8 Å². The van der Waals surface area contributed by atoms with Crippen LogP contribution in [0.15, 0.2) is 25.3 Å². The zero-order valence-corrected chi connectivity index (χ0v) is 79.9. The first-order chi connectivity index (χ1) is 61.1. The summed E-state index contributed by atoms with van der Waals surface area (Å²) in [5, 5.41) is 58.5. The summed E-state index contributed by atoms with van der Waals surface area (Å²) < 4.78 is 26.6. The van der Waals surface area contributed by atoms with Gasteiger partial charge in [-0.15, -0.1) is 0 Å². The van der Waals surface area contributed by atoms with Gasteiger partial charge in [-0.1, -0.05) is 107 Å². The van der Waals surface area contributed by atoms with Gasteiger partial charge in [0.2, 0.25) is 82.5 Å². The molecule has 44 nitrogen and oxygen atoms in total. The quantitative estimate of drug-likeness (QED) is 0.0160. The van der Waals surface area contributed by atoms with Crippen LogP contribution in [0.5, 0.6) is 0 Å². The molecule has 2 rings (SSSR count). The number of ketones is 2. The second-order valence-corrected chi connectivity index (χ2v) is 36.4. The van der Waals surface area contributed by atoms with Crippen molar-refractivity contribution in [2.45, 2.75) is 337 Å². The number of aliphatic hydroxyl groups excluding tert-OH is 1. The van der Waals surface area contributed by atoms with Crippen molar-refractivity contribution in [2.75, 3.05) is 39.4 Å². The predicted octanol–water partition coefficient (Wildman–Crippen LogP) is -0.366. The number of β-amino-alcohol motifs (C(OH)–C–C–N with tert-alkyl or cyclic N) is 1. The minimum Gasteiger partial charge on any atom is -0.481 e. The van der Waals surface area contributed by atoms with Crippen LogP contribution in [0.25, 0.3) is 0 Å². The molecule has 8 unspecified atom stereocenters. The van der Waals surface area contributed by atoms with Gasteiger partial charge in [-0.3, -0.25) is 105 Å². The Kier molecular flexibility index (Phi) is 50.8. The Morgan fingerprint density at radius 2 is 0.697 bits per heavy atom. The Balaban J connectivity index is 0.00000134. The van der Waals surface area contributed by atoms with E-state index in [-0.39, 0.29) is 84.1 Å². The second-order valence-electron chi connectivity index (χ2n) is 36.4. The molecule has 15 N–H and O–H groups in total. The van der Waals surface area contributed by atoms with Crippen LogP contribution in [0.1, 0.15) is 235 Å². The second kappa shape index (κ2) is 56.8. The largest absolute Gasteiger partial charge is 0.481 e. The molecular formula is C88H142N14O30. The standard InChI is InChI=1S/C50H83N7O15.C38H59N7O15/c1-17-19-32(41(62)46(67)51-26-38(61)69-24-18-2)53-44(65)35-25-31(70-48(8,9)10)27-57(35)47(68)40(29(5)6)56-45(66)39(28(3)4)55-43(64)34(21-23-37(60)72-50(14,15)16)54-42(63)33(52-30(7)58)20-22-36(59)71-49(11,12)13;1-8-10-23(32(53)37(58)39-17-29(52)60-15-9-2)41-35(56)26-16-22(47)18-45(26)38(59)31(20(5)6)44-36(57)30(19(3)4)43-34(55)25(12-14-28(50)51)42-33(54)24(40-21(7)46)11-13-27(48)49/h18,28-29,31-35,39-40H,2,17,19-27H2,1,3-16H3,(H,51,67)(H,52,58)(H,53,65)(H,54,63)(H,55,64)(H,56,66);9,19-20,22-26,30-31,47H,2,8,10-18H2,1,3-7H3,(H,39,58)(H,40,46)(H,41,56)(H,42,54)(H,43,55)(H,44,57)(H,48,49)(H,50,51)/t31-,32?,33?,34?,35+,39+,40?;22-,23?,24?,25?,26+,30+,31?/m11/s1. The molecule has 44 heteroatoms. The van der Waals surface area contributed by atoms with E-state index in [0.29, 0.717) is 12.8 Å². The van der Waals surface area contributed by atoms with E-state index in [2.05, 4.69) is 77.0 Å². The van der Waals surface area contributed by atoms with E-state index in [9.17, 15) is 116 Å². The van der Waals surface area contributed by atoms with Gasteiger partial charge in [0, 0.05) is 65.5 Å². The summed E-state index contributed by atoms with van der Waals surface area (Å²) >= 11 is 0. The third-order valence-electron chi connectivity index (χ3n) is 19.6. The molecule has 0 radical (unpaired) electrons. The van der Waals surface area contributed by atoms with Gasteiger partial charge in [0.25, 0.3) is 11.8 Å². The van der Waals surface area contributed by atoms with E-state index in [1.165, 1.54) is 24.0 Å². The molecule has 14 amide bonds. The molecule has 0 spiro atoms. The number of nitrogens with zero attached hydrogens (tertiary/aromatic N) is 2. The fourth-order valence-corrected chi connectivity index (χ4v) is 13.4. The molecule has 2 heterocycles. The lowest BCUT2D eigenvalue weighted by Crippen LogP contribution is -2.61. The highest BCUT2D eigenvalue weighted by molar-refractivity contribution is 6.39. The number of carboxylic acid groups (broad SMARTS) is 2. The number of rotatable bonds is 53. The van der Waals surface area contributed by atoms with Gasteiger partial charge in [-0.25, -0.2) is 0 Å². The highest BCUT2D eigenvalue weighted by Gasteiger charge is 2.48. The molecule has 744 valence electrons. The number of aliphatic hydroxyl groups is 1. The number of Topliss-reactive ketones (excluding diaryl/α,β-unsaturated/α-hetero) is 2. The summed E-state index contributed by atoms with van der Waals surface area (Å²) in [6.07, 6.45) is -1.76. The Bertz CT molecular complexity index is 4070. The average molecular weight is 1880 g/mol. The number of aliphatic carboxylic acids is 2. The first-order valence-corrected chi connectivity index (χ1v) is 44.1. The van der Waals surface area contributed by atoms with E-state index < -0.39 is 288 Å². The number of nitrogens with one attached hydrogen (secondary N) is 12. The number of likely N-dealkylation sites (tertiary alicyclic amines) is 2. The van der Waals surface area contributed by atoms with Gasteiger partial charge in [0.1, 0.15) is 97.9 Å². The lowest BCUT2D eigenvalue weighted by molar-refractivity contribution is -0.156. The van der Waals surface area contributed by atoms with E-state index in [4.69, 9.17) is 28.8 Å². The van der Waals surface area contributed by atoms with Crippen LogP contribution in [0.3, 0.4) is 0 Å². The third kappa shape index (κ3) is 44.4. The summed E-state index contributed by atoms with van der Waals surface area (Å²) in [6.45, 7) is 38.9. The van der Waals surface area contributed by atoms with Crippen molar-refractivity contribution in [3.8, 4) is 0 Å². The number of carboxylic acids is 2. The van der Waals surface area contributed by atoms with Crippen molar-refractivity contribution in [3.05, 3.63) is 25.3 Å². The first kappa shape index (κ1) is 118. The van der Waals surface area contributed by atoms with Gasteiger partial charge in [-0.05, 0) is 125 Å². The summed E-state index contributed by atoms with van der Waals surface area (Å²) in [6, 6.07) is -16.3. The van der Waals surface area contributed by atoms with Crippen LogP contribution in [-0.4, -0.2) is 296 Å². The summed E-state index contributed by atoms with van der Waals surface area (Å²) in [4.78, 5) is 289. The van der Waals surface area contributed by atoms with E-state index in [0.717, 1.165) is 11.8 Å². The monoisotopic (exact) mass is 1880 g/mol. The predicted molar refractivity (Wildman–Crippen MR) is 473 cm³/mol. The Labute approximate surface area is 770 Å². The minimum absolute atomic E-state index is 0.00708. The number of hydrogen-bond acceptors (Lipinski definition) is 28. The SMILES string of the molecule is C=CCOC(=O)CNC(=O)C(=O)C(CCC)NC(=O)[C@@H]1C[C@@H](O)CN1C(=O)C(NC(=O)[C@@H](NC(=O)C(CCC(=O)O)NC(=O)C(CCC(=O)O)NC(C)=O)C(C)C)C(C)C.C=CCOC(=O)CNC(=O)C(=O)C(CCC)NC(=O)[C@@H]1C[C@@H](OC(C)(C)C)CN1C(=O)C(NC(=O)[C@@H](NC(=O)C(CCC(=O)OC(C)(C)C)NC(=O)C(CCC(=O)OC(C)(C)C)NC(C)=O)C(C)C)C(C)C. The van der Waals surface area contributed by atoms with Crippen molar-refractivity contribution in [1.82, 2.24) is 73.6 Å². The van der Waals surface area contributed by atoms with Crippen LogP contribution in [0.2, 0.25) is 0 Å². The Hall–Kier alpha value is -11.9. The van der Waals surface area contributed by atoms with Crippen molar-refractivity contribution in [1.29, 1.82) is 0 Å². The lowest BCUT2D eigenvalue weighted by atomic mass is 9.98. The number of amides is 14. The van der Waals surface area contributed by atoms with E-state index in [1.54, 1.807) is 132 Å². The summed E-state index contributed by atoms with van der Waals surface area (Å²) in [7, 11) is 0. The normalized spacial score (nSPS) is 17.1. The Morgan fingerprint density at radius 3 is 1.00 bits per heavy atom. The van der Waals surface area contributed by atoms with Crippen LogP contribution >= 0.6 is 0 Å². The molecule has 0 bridgehead atoms. The van der Waals surface area contributed by atoms with Gasteiger partial charge in [0.15, 0.2) is 0 Å². The van der Waals surface area contributed by atoms with Crippen LogP contribution in [0.4, 0.5) is 0 Å². The number of esters is 4. The molecule has 0 aromatic carbocycles. The highest BCUT2D eigenvalue weighted by Crippen LogP contribution is 2.29. The molecule has 0 aliphatic carbocycles. The van der Waals surface area contributed by atoms with Crippen LogP contribution in [-0.2, 0) is 129 Å². The molecule has 0 saturated carbocycles.